The average molecular weight is 436 g/mol. The van der Waals surface area contributed by atoms with Crippen LogP contribution in [0.5, 0.6) is 5.75 Å². The fraction of sp³-hybridized carbons (Fsp3) is 0.174. The Balaban J connectivity index is 1.55. The smallest absolute Gasteiger partial charge is 0.256 e. The first-order chi connectivity index (χ1) is 15.1. The molecule has 1 atom stereocenters. The van der Waals surface area contributed by atoms with Crippen molar-refractivity contribution in [2.45, 2.75) is 19.0 Å². The lowest BCUT2D eigenvalue weighted by molar-refractivity contribution is -0.124. The standard InChI is InChI=1S/C23H21N3O4S/c1-29-18-11-9-16(10-12-18)24-21(27)14-20-22(28)26(17-6-3-2-4-7-17)23(31)25(20)15-19-8-5-13-30-19/h2-13,20H,14-15H2,1H3,(H,24,27). The van der Waals surface area contributed by atoms with E-state index in [9.17, 15) is 9.59 Å². The zero-order valence-corrected chi connectivity index (χ0v) is 17.7. The molecule has 3 aromatic rings. The number of anilines is 2. The van der Waals surface area contributed by atoms with Crippen molar-refractivity contribution in [3.63, 3.8) is 0 Å². The van der Waals surface area contributed by atoms with E-state index in [1.165, 1.54) is 4.90 Å². The Morgan fingerprint density at radius 1 is 1.10 bits per heavy atom. The molecular weight excluding hydrogens is 414 g/mol. The second kappa shape index (κ2) is 9.01. The first kappa shape index (κ1) is 20.6. The molecule has 0 bridgehead atoms. The Kier molecular flexibility index (Phi) is 5.99. The van der Waals surface area contributed by atoms with E-state index in [4.69, 9.17) is 21.4 Å². The van der Waals surface area contributed by atoms with Crippen molar-refractivity contribution in [2.24, 2.45) is 0 Å². The number of carbonyl (C=O) groups excluding carboxylic acids is 2. The number of thiocarbonyl (C=S) groups is 1. The number of ether oxygens (including phenoxy) is 1. The summed E-state index contributed by atoms with van der Waals surface area (Å²) in [6.07, 6.45) is 1.52. The van der Waals surface area contributed by atoms with Crippen molar-refractivity contribution in [2.75, 3.05) is 17.3 Å². The van der Waals surface area contributed by atoms with E-state index in [2.05, 4.69) is 5.32 Å². The highest BCUT2D eigenvalue weighted by molar-refractivity contribution is 7.80. The number of hydrogen-bond donors (Lipinski definition) is 1. The van der Waals surface area contributed by atoms with Crippen LogP contribution in [0, 0.1) is 0 Å². The van der Waals surface area contributed by atoms with Gasteiger partial charge in [0.1, 0.15) is 17.6 Å². The fourth-order valence-electron chi connectivity index (χ4n) is 3.46. The predicted molar refractivity (Wildman–Crippen MR) is 121 cm³/mol. The highest BCUT2D eigenvalue weighted by atomic mass is 32.1. The Morgan fingerprint density at radius 2 is 1.84 bits per heavy atom. The first-order valence-corrected chi connectivity index (χ1v) is 10.1. The highest BCUT2D eigenvalue weighted by Gasteiger charge is 2.44. The van der Waals surface area contributed by atoms with Gasteiger partial charge >= 0.3 is 0 Å². The largest absolute Gasteiger partial charge is 0.497 e. The molecule has 1 unspecified atom stereocenters. The molecule has 0 radical (unpaired) electrons. The van der Waals surface area contributed by atoms with Crippen LogP contribution in [0.15, 0.2) is 77.4 Å². The van der Waals surface area contributed by atoms with E-state index in [0.29, 0.717) is 34.5 Å². The number of nitrogens with zero attached hydrogens (tertiary/aromatic N) is 2. The quantitative estimate of drug-likeness (QED) is 0.569. The summed E-state index contributed by atoms with van der Waals surface area (Å²) in [6.45, 7) is 0.293. The van der Waals surface area contributed by atoms with Crippen LogP contribution in [0.25, 0.3) is 0 Å². The predicted octanol–water partition coefficient (Wildman–Crippen LogP) is 3.82. The lowest BCUT2D eigenvalue weighted by Gasteiger charge is -2.22. The van der Waals surface area contributed by atoms with Gasteiger partial charge in [-0.1, -0.05) is 18.2 Å². The molecule has 2 heterocycles. The molecule has 8 heteroatoms. The molecule has 31 heavy (non-hydrogen) atoms. The first-order valence-electron chi connectivity index (χ1n) is 9.72. The molecule has 0 aliphatic carbocycles. The number of amides is 2. The lowest BCUT2D eigenvalue weighted by Crippen LogP contribution is -2.37. The maximum atomic E-state index is 13.3. The van der Waals surface area contributed by atoms with E-state index in [1.54, 1.807) is 48.6 Å². The van der Waals surface area contributed by atoms with Crippen LogP contribution in [-0.2, 0) is 16.1 Å². The summed E-state index contributed by atoms with van der Waals surface area (Å²) >= 11 is 5.63. The number of para-hydroxylation sites is 1. The van der Waals surface area contributed by atoms with Crippen molar-refractivity contribution >= 4 is 40.5 Å². The Morgan fingerprint density at radius 3 is 2.48 bits per heavy atom. The zero-order valence-electron chi connectivity index (χ0n) is 16.9. The van der Waals surface area contributed by atoms with Crippen LogP contribution in [0.2, 0.25) is 0 Å². The topological polar surface area (TPSA) is 75.0 Å². The highest BCUT2D eigenvalue weighted by Crippen LogP contribution is 2.29. The zero-order chi connectivity index (χ0) is 21.8. The maximum Gasteiger partial charge on any atom is 0.256 e. The minimum Gasteiger partial charge on any atom is -0.497 e. The summed E-state index contributed by atoms with van der Waals surface area (Å²) < 4.78 is 10.6. The Bertz CT molecular complexity index is 1070. The number of benzene rings is 2. The molecule has 1 aliphatic heterocycles. The van der Waals surface area contributed by atoms with Crippen molar-refractivity contribution in [1.82, 2.24) is 4.90 Å². The Hall–Kier alpha value is -3.65. The summed E-state index contributed by atoms with van der Waals surface area (Å²) in [5, 5.41) is 3.17. The molecule has 0 spiro atoms. The molecule has 1 fully saturated rings. The molecule has 1 N–H and O–H groups in total. The fourth-order valence-corrected chi connectivity index (χ4v) is 3.85. The minimum absolute atomic E-state index is 0.0466. The molecule has 4 rings (SSSR count). The summed E-state index contributed by atoms with van der Waals surface area (Å²) in [5.41, 5.74) is 1.29. The normalized spacial score (nSPS) is 16.0. The molecule has 0 saturated carbocycles. The van der Waals surface area contributed by atoms with Gasteiger partial charge in [0.05, 0.1) is 32.0 Å². The van der Waals surface area contributed by atoms with Crippen LogP contribution >= 0.6 is 12.2 Å². The van der Waals surface area contributed by atoms with Gasteiger partial charge < -0.3 is 19.4 Å². The number of hydrogen-bond acceptors (Lipinski definition) is 5. The summed E-state index contributed by atoms with van der Waals surface area (Å²) in [6, 6.07) is 19.0. The third kappa shape index (κ3) is 4.44. The molecule has 7 nitrogen and oxygen atoms in total. The molecule has 158 valence electrons. The number of carbonyl (C=O) groups is 2. The van der Waals surface area contributed by atoms with Gasteiger partial charge in [0.2, 0.25) is 5.91 Å². The van der Waals surface area contributed by atoms with Gasteiger partial charge in [-0.25, -0.2) is 0 Å². The van der Waals surface area contributed by atoms with E-state index < -0.39 is 6.04 Å². The van der Waals surface area contributed by atoms with E-state index >= 15 is 0 Å². The van der Waals surface area contributed by atoms with Crippen LogP contribution < -0.4 is 15.0 Å². The molecular formula is C23H21N3O4S. The maximum absolute atomic E-state index is 13.3. The van der Waals surface area contributed by atoms with Gasteiger partial charge in [-0.05, 0) is 60.7 Å². The third-order valence-electron chi connectivity index (χ3n) is 4.99. The van der Waals surface area contributed by atoms with Gasteiger partial charge in [0.15, 0.2) is 5.11 Å². The van der Waals surface area contributed by atoms with Crippen LogP contribution in [0.3, 0.4) is 0 Å². The molecule has 1 saturated heterocycles. The van der Waals surface area contributed by atoms with Crippen LogP contribution in [-0.4, -0.2) is 35.0 Å². The lowest BCUT2D eigenvalue weighted by atomic mass is 10.1. The monoisotopic (exact) mass is 435 g/mol. The van der Waals surface area contributed by atoms with Gasteiger partial charge in [0.25, 0.3) is 5.91 Å². The number of nitrogens with one attached hydrogen (secondary N) is 1. The van der Waals surface area contributed by atoms with Crippen molar-refractivity contribution in [3.8, 4) is 5.75 Å². The van der Waals surface area contributed by atoms with Crippen molar-refractivity contribution in [1.29, 1.82) is 0 Å². The summed E-state index contributed by atoms with van der Waals surface area (Å²) in [7, 11) is 1.58. The van der Waals surface area contributed by atoms with E-state index in [0.717, 1.165) is 0 Å². The molecule has 1 aromatic heterocycles. The summed E-state index contributed by atoms with van der Waals surface area (Å²) in [4.78, 5) is 29.3. The van der Waals surface area contributed by atoms with Gasteiger partial charge in [-0.2, -0.15) is 0 Å². The van der Waals surface area contributed by atoms with Crippen molar-refractivity contribution in [3.05, 3.63) is 78.8 Å². The summed E-state index contributed by atoms with van der Waals surface area (Å²) in [5.74, 6) is 0.821. The minimum atomic E-state index is -0.740. The van der Waals surface area contributed by atoms with Gasteiger partial charge in [-0.3, -0.25) is 14.5 Å². The van der Waals surface area contributed by atoms with Crippen LogP contribution in [0.1, 0.15) is 12.2 Å². The SMILES string of the molecule is COc1ccc(NC(=O)CC2C(=O)N(c3ccccc3)C(=S)N2Cc2ccco2)cc1. The number of furan rings is 1. The van der Waals surface area contributed by atoms with Crippen molar-refractivity contribution < 1.29 is 18.7 Å². The second-order valence-corrected chi connectivity index (χ2v) is 7.36. The van der Waals surface area contributed by atoms with E-state index in [1.807, 2.05) is 36.4 Å². The molecule has 1 aliphatic rings. The van der Waals surface area contributed by atoms with Crippen LogP contribution in [0.4, 0.5) is 11.4 Å². The average Bonchev–Trinajstić information content (AvgIpc) is 3.37. The Labute approximate surface area is 185 Å². The number of methoxy groups -OCH3 is 1. The van der Waals surface area contributed by atoms with E-state index in [-0.39, 0.29) is 18.2 Å². The number of rotatable bonds is 7. The third-order valence-corrected chi connectivity index (χ3v) is 5.41. The molecule has 2 aromatic carbocycles. The van der Waals surface area contributed by atoms with Gasteiger partial charge in [-0.15, -0.1) is 0 Å². The second-order valence-electron chi connectivity index (χ2n) is 7.00. The molecule has 2 amide bonds. The van der Waals surface area contributed by atoms with Gasteiger partial charge in [0, 0.05) is 5.69 Å².